The monoisotopic (exact) mass is 244 g/mol. The van der Waals surface area contributed by atoms with Crippen LogP contribution in [-0.4, -0.2) is 29.9 Å². The predicted octanol–water partition coefficient (Wildman–Crippen LogP) is 1.35. The Morgan fingerprint density at radius 3 is 1.75 bits per heavy atom. The quantitative estimate of drug-likeness (QED) is 0.689. The SMILES string of the molecule is CN(C12CC3CC(CC(C3)C1)C2)S(=O)(=O)[O-]. The van der Waals surface area contributed by atoms with Crippen LogP contribution in [-0.2, 0) is 10.3 Å². The van der Waals surface area contributed by atoms with Gasteiger partial charge in [-0.3, -0.25) is 0 Å². The normalized spacial score (nSPS) is 46.6. The minimum atomic E-state index is -4.28. The summed E-state index contributed by atoms with van der Waals surface area (Å²) in [7, 11) is -2.80. The zero-order valence-corrected chi connectivity index (χ0v) is 10.4. The van der Waals surface area contributed by atoms with Gasteiger partial charge in [0.25, 0.3) is 0 Å². The second-order valence-corrected chi connectivity index (χ2v) is 7.47. The van der Waals surface area contributed by atoms with E-state index < -0.39 is 10.3 Å². The molecule has 4 saturated carbocycles. The van der Waals surface area contributed by atoms with Gasteiger partial charge < -0.3 is 4.55 Å². The lowest BCUT2D eigenvalue weighted by molar-refractivity contribution is -0.0520. The highest BCUT2D eigenvalue weighted by Gasteiger charge is 2.53. The second-order valence-electron chi connectivity index (χ2n) is 6.07. The Balaban J connectivity index is 1.94. The molecule has 0 spiro atoms. The zero-order valence-electron chi connectivity index (χ0n) is 9.55. The molecular formula is C11H18NO3S-. The molecule has 0 unspecified atom stereocenters. The molecule has 5 heteroatoms. The van der Waals surface area contributed by atoms with Gasteiger partial charge in [-0.15, -0.1) is 0 Å². The van der Waals surface area contributed by atoms with E-state index in [1.807, 2.05) is 0 Å². The molecule has 92 valence electrons. The first-order chi connectivity index (χ1) is 7.39. The molecule has 0 aliphatic heterocycles. The van der Waals surface area contributed by atoms with Crippen LogP contribution in [0.1, 0.15) is 38.5 Å². The van der Waals surface area contributed by atoms with E-state index in [0.29, 0.717) is 17.8 Å². The molecule has 4 nitrogen and oxygen atoms in total. The molecule has 0 heterocycles. The summed E-state index contributed by atoms with van der Waals surface area (Å²) in [6.07, 6.45) is 6.51. The van der Waals surface area contributed by atoms with Gasteiger partial charge in [0.15, 0.2) is 10.3 Å². The van der Waals surface area contributed by atoms with Crippen LogP contribution in [0.15, 0.2) is 0 Å². The maximum atomic E-state index is 11.2. The molecule has 4 rings (SSSR count). The third-order valence-electron chi connectivity index (χ3n) is 5.01. The highest BCUT2D eigenvalue weighted by atomic mass is 32.2. The summed E-state index contributed by atoms with van der Waals surface area (Å²) in [5.74, 6) is 1.99. The first-order valence-electron chi connectivity index (χ1n) is 6.09. The first kappa shape index (κ1) is 11.0. The number of rotatable bonds is 2. The Hall–Kier alpha value is -0.130. The van der Waals surface area contributed by atoms with Crippen LogP contribution in [0.25, 0.3) is 0 Å². The molecule has 4 aliphatic rings. The lowest BCUT2D eigenvalue weighted by Gasteiger charge is -2.59. The van der Waals surface area contributed by atoms with Gasteiger partial charge >= 0.3 is 0 Å². The topological polar surface area (TPSA) is 60.4 Å². The van der Waals surface area contributed by atoms with E-state index in [2.05, 4.69) is 0 Å². The van der Waals surface area contributed by atoms with E-state index in [0.717, 1.165) is 23.6 Å². The van der Waals surface area contributed by atoms with Gasteiger partial charge in [0.1, 0.15) is 0 Å². The molecule has 0 atom stereocenters. The Kier molecular flexibility index (Phi) is 2.20. The minimum absolute atomic E-state index is 0.324. The van der Waals surface area contributed by atoms with Gasteiger partial charge in [0, 0.05) is 12.6 Å². The van der Waals surface area contributed by atoms with Crippen molar-refractivity contribution in [3.05, 3.63) is 0 Å². The Labute approximate surface area is 96.9 Å². The standard InChI is InChI=1S/C11H19NO3S/c1-12(16(13,14)15)11-5-8-2-9(6-11)4-10(3-8)7-11/h8-10H,2-7H2,1H3,(H,13,14,15)/p-1. The van der Waals surface area contributed by atoms with Gasteiger partial charge in [-0.1, -0.05) is 0 Å². The van der Waals surface area contributed by atoms with Crippen molar-refractivity contribution in [2.75, 3.05) is 7.05 Å². The van der Waals surface area contributed by atoms with E-state index in [1.54, 1.807) is 0 Å². The molecule has 4 aliphatic carbocycles. The molecule has 4 bridgehead atoms. The summed E-state index contributed by atoms with van der Waals surface area (Å²) in [5.41, 5.74) is -0.324. The third kappa shape index (κ3) is 1.52. The van der Waals surface area contributed by atoms with E-state index in [-0.39, 0.29) is 5.54 Å². The number of hydrogen-bond acceptors (Lipinski definition) is 3. The summed E-state index contributed by atoms with van der Waals surface area (Å²) in [6, 6.07) is 0. The molecule has 0 amide bonds. The maximum absolute atomic E-state index is 11.2. The number of hydrogen-bond donors (Lipinski definition) is 0. The van der Waals surface area contributed by atoms with Gasteiger partial charge in [0.05, 0.1) is 0 Å². The van der Waals surface area contributed by atoms with Crippen molar-refractivity contribution >= 4 is 10.3 Å². The van der Waals surface area contributed by atoms with Crippen molar-refractivity contribution in [2.45, 2.75) is 44.1 Å². The summed E-state index contributed by atoms with van der Waals surface area (Å²) in [4.78, 5) is 0. The number of nitrogens with zero attached hydrogens (tertiary/aromatic N) is 1. The average Bonchev–Trinajstić information content (AvgIpc) is 2.12. The predicted molar refractivity (Wildman–Crippen MR) is 58.4 cm³/mol. The maximum Gasteiger partial charge on any atom is 0.162 e. The summed E-state index contributed by atoms with van der Waals surface area (Å²) >= 11 is 0. The van der Waals surface area contributed by atoms with Crippen LogP contribution in [0.3, 0.4) is 0 Å². The summed E-state index contributed by atoms with van der Waals surface area (Å²) in [5, 5.41) is 0. The average molecular weight is 244 g/mol. The van der Waals surface area contributed by atoms with Crippen LogP contribution in [0, 0.1) is 17.8 Å². The molecule has 0 radical (unpaired) electrons. The molecule has 4 fully saturated rings. The Morgan fingerprint density at radius 2 is 1.44 bits per heavy atom. The van der Waals surface area contributed by atoms with E-state index >= 15 is 0 Å². The highest BCUT2D eigenvalue weighted by Crippen LogP contribution is 2.57. The van der Waals surface area contributed by atoms with Crippen LogP contribution >= 0.6 is 0 Å². The second kappa shape index (κ2) is 3.21. The summed E-state index contributed by atoms with van der Waals surface area (Å²) < 4.78 is 34.8. The van der Waals surface area contributed by atoms with Crippen molar-refractivity contribution < 1.29 is 13.0 Å². The fourth-order valence-corrected chi connectivity index (χ4v) is 5.39. The molecule has 0 aromatic heterocycles. The Morgan fingerprint density at radius 1 is 1.06 bits per heavy atom. The Bertz CT molecular complexity index is 368. The van der Waals surface area contributed by atoms with E-state index in [4.69, 9.17) is 0 Å². The van der Waals surface area contributed by atoms with Gasteiger partial charge in [-0.2, -0.15) is 0 Å². The van der Waals surface area contributed by atoms with Gasteiger partial charge in [0.2, 0.25) is 0 Å². The lowest BCUT2D eigenvalue weighted by Crippen LogP contribution is -2.60. The summed E-state index contributed by atoms with van der Waals surface area (Å²) in [6.45, 7) is 0. The molecule has 0 aromatic rings. The van der Waals surface area contributed by atoms with Crippen molar-refractivity contribution in [2.24, 2.45) is 17.8 Å². The first-order valence-corrected chi connectivity index (χ1v) is 7.45. The van der Waals surface area contributed by atoms with Crippen molar-refractivity contribution in [1.82, 2.24) is 4.31 Å². The van der Waals surface area contributed by atoms with Crippen molar-refractivity contribution in [3.8, 4) is 0 Å². The van der Waals surface area contributed by atoms with Crippen LogP contribution in [0.4, 0.5) is 0 Å². The van der Waals surface area contributed by atoms with E-state index in [1.165, 1.54) is 26.3 Å². The van der Waals surface area contributed by atoms with Crippen LogP contribution < -0.4 is 0 Å². The smallest absolute Gasteiger partial charge is 0.162 e. The van der Waals surface area contributed by atoms with Crippen molar-refractivity contribution in [3.63, 3.8) is 0 Å². The van der Waals surface area contributed by atoms with Gasteiger partial charge in [-0.25, -0.2) is 12.7 Å². The molecule has 16 heavy (non-hydrogen) atoms. The van der Waals surface area contributed by atoms with E-state index in [9.17, 15) is 13.0 Å². The van der Waals surface area contributed by atoms with Crippen LogP contribution in [0.2, 0.25) is 0 Å². The van der Waals surface area contributed by atoms with Gasteiger partial charge in [-0.05, 0) is 56.3 Å². The lowest BCUT2D eigenvalue weighted by atomic mass is 9.53. The van der Waals surface area contributed by atoms with Crippen molar-refractivity contribution in [1.29, 1.82) is 0 Å². The molecule has 0 saturated heterocycles. The zero-order chi connectivity index (χ0) is 11.6. The molecule has 0 aromatic carbocycles. The highest BCUT2D eigenvalue weighted by molar-refractivity contribution is 7.83. The molecule has 0 N–H and O–H groups in total. The van der Waals surface area contributed by atoms with Crippen LogP contribution in [0.5, 0.6) is 0 Å². The molecular weight excluding hydrogens is 226 g/mol. The minimum Gasteiger partial charge on any atom is -0.735 e. The third-order valence-corrected chi connectivity index (χ3v) is 6.07. The fraction of sp³-hybridized carbons (Fsp3) is 1.00. The fourth-order valence-electron chi connectivity index (χ4n) is 4.69. The largest absolute Gasteiger partial charge is 0.735 e.